The number of nitrogen functional groups attached to an aromatic ring is 1. The number of hydrogen-bond acceptors (Lipinski definition) is 7. The predicted octanol–water partition coefficient (Wildman–Crippen LogP) is 10.1. The van der Waals surface area contributed by atoms with Crippen molar-refractivity contribution >= 4 is 56.1 Å². The first-order valence-electron chi connectivity index (χ1n) is 21.0. The molecule has 1 spiro atoms. The van der Waals surface area contributed by atoms with E-state index in [0.29, 0.717) is 24.1 Å². The van der Waals surface area contributed by atoms with E-state index >= 15 is 0 Å². The highest BCUT2D eigenvalue weighted by atomic mass is 79.9. The summed E-state index contributed by atoms with van der Waals surface area (Å²) in [6.45, 7) is 12.2. The second-order valence-electron chi connectivity index (χ2n) is 17.3. The van der Waals surface area contributed by atoms with Gasteiger partial charge in [-0.15, -0.1) is 0 Å². The van der Waals surface area contributed by atoms with Crippen LogP contribution >= 0.6 is 27.5 Å². The molecule has 9 nitrogen and oxygen atoms in total. The second-order valence-corrected chi connectivity index (χ2v) is 19.2. The van der Waals surface area contributed by atoms with Crippen molar-refractivity contribution in [2.75, 3.05) is 5.73 Å². The Hall–Kier alpha value is -3.11. The van der Waals surface area contributed by atoms with Gasteiger partial charge in [0.1, 0.15) is 11.5 Å². The Morgan fingerprint density at radius 2 is 1.23 bits per heavy atom. The summed E-state index contributed by atoms with van der Waals surface area (Å²) in [6, 6.07) is 8.07. The van der Waals surface area contributed by atoms with Crippen molar-refractivity contribution in [3.8, 4) is 11.5 Å². The molecule has 2 amide bonds. The van der Waals surface area contributed by atoms with E-state index in [9.17, 15) is 24.3 Å². The molecule has 56 heavy (non-hydrogen) atoms. The van der Waals surface area contributed by atoms with E-state index in [2.05, 4.69) is 48.5 Å². The molecule has 1 heterocycles. The van der Waals surface area contributed by atoms with Crippen LogP contribution < -0.4 is 10.5 Å². The van der Waals surface area contributed by atoms with Gasteiger partial charge in [-0.25, -0.2) is 0 Å². The standard InChI is InChI=1S/C23H31NO3.C17H26N2O2.C5H6BrClO/c1-15(2)24(18-8-5-4-6-9-18)22(26)19-13-17-14-21(25)23(10-7-11-23)27-20(17)12-16(19)3;1-11(2)19(13-7-5-4-6-8-13)17(21)14-10-15(18)16(20)9-12(14)3;6-5(4(7)8)2-1-3-5/h12-13,15,18H,4-11,14H2,1-3H3;9-11,13,20H,4-8,18H2,1-3H3;1-3H2. The van der Waals surface area contributed by atoms with E-state index in [1.54, 1.807) is 12.1 Å². The van der Waals surface area contributed by atoms with Crippen LogP contribution in [-0.2, 0) is 16.0 Å². The number of Topliss-reactive ketones (excluding diaryl/α,β-unsaturated/α-hetero) is 1. The van der Waals surface area contributed by atoms with Crippen molar-refractivity contribution in [1.82, 2.24) is 9.80 Å². The molecule has 308 valence electrons. The maximum absolute atomic E-state index is 13.5. The molecule has 1 aliphatic heterocycles. The monoisotopic (exact) mass is 855 g/mol. The summed E-state index contributed by atoms with van der Waals surface area (Å²) in [5, 5.41) is 9.41. The normalized spacial score (nSPS) is 19.9. The van der Waals surface area contributed by atoms with Gasteiger partial charge in [-0.2, -0.15) is 0 Å². The lowest BCUT2D eigenvalue weighted by molar-refractivity contribution is -0.143. The summed E-state index contributed by atoms with van der Waals surface area (Å²) < 4.78 is 5.79. The van der Waals surface area contributed by atoms with Crippen LogP contribution in [0.15, 0.2) is 24.3 Å². The first-order valence-corrected chi connectivity index (χ1v) is 22.1. The van der Waals surface area contributed by atoms with Gasteiger partial charge in [0, 0.05) is 47.3 Å². The number of ether oxygens (including phenoxy) is 1. The number of halogens is 2. The van der Waals surface area contributed by atoms with E-state index in [4.69, 9.17) is 22.1 Å². The summed E-state index contributed by atoms with van der Waals surface area (Å²) in [6.07, 6.45) is 17.7. The van der Waals surface area contributed by atoms with Crippen LogP contribution in [-0.4, -0.2) is 71.8 Å². The molecule has 0 saturated heterocycles. The minimum atomic E-state index is -0.572. The van der Waals surface area contributed by atoms with E-state index in [1.807, 2.05) is 30.9 Å². The number of hydrogen-bond donors (Lipinski definition) is 2. The van der Waals surface area contributed by atoms with Crippen molar-refractivity contribution in [2.24, 2.45) is 0 Å². The molecule has 3 N–H and O–H groups in total. The molecule has 0 aromatic heterocycles. The zero-order valence-corrected chi connectivity index (χ0v) is 36.7. The highest BCUT2D eigenvalue weighted by Crippen LogP contribution is 2.44. The van der Waals surface area contributed by atoms with E-state index < -0.39 is 5.60 Å². The molecular weight excluding hydrogens is 794 g/mol. The molecule has 0 bridgehead atoms. The molecule has 7 rings (SSSR count). The minimum absolute atomic E-state index is 0.0288. The lowest BCUT2D eigenvalue weighted by atomic mass is 9.73. The fourth-order valence-corrected chi connectivity index (χ4v) is 9.68. The lowest BCUT2D eigenvalue weighted by Gasteiger charge is -2.44. The van der Waals surface area contributed by atoms with Gasteiger partial charge in [0.05, 0.1) is 10.0 Å². The van der Waals surface area contributed by atoms with Crippen LogP contribution in [0.4, 0.5) is 5.69 Å². The Labute approximate surface area is 347 Å². The summed E-state index contributed by atoms with van der Waals surface area (Å²) in [4.78, 5) is 53.6. The molecule has 0 radical (unpaired) electrons. The third-order valence-corrected chi connectivity index (χ3v) is 14.3. The average molecular weight is 857 g/mol. The second kappa shape index (κ2) is 18.6. The van der Waals surface area contributed by atoms with Crippen molar-refractivity contribution in [1.29, 1.82) is 0 Å². The van der Waals surface area contributed by atoms with Gasteiger partial charge in [0.2, 0.25) is 5.24 Å². The third-order valence-electron chi connectivity index (χ3n) is 12.6. The van der Waals surface area contributed by atoms with Crippen LogP contribution in [0, 0.1) is 13.8 Å². The number of aryl methyl sites for hydroxylation is 2. The van der Waals surface area contributed by atoms with Crippen LogP contribution in [0.5, 0.6) is 11.5 Å². The molecule has 5 aliphatic rings. The van der Waals surface area contributed by atoms with E-state index in [0.717, 1.165) is 92.2 Å². The van der Waals surface area contributed by atoms with Crippen molar-refractivity contribution < 1.29 is 29.0 Å². The summed E-state index contributed by atoms with van der Waals surface area (Å²) in [7, 11) is 0. The van der Waals surface area contributed by atoms with Crippen molar-refractivity contribution in [2.45, 2.75) is 185 Å². The number of aromatic hydroxyl groups is 1. The quantitative estimate of drug-likeness (QED) is 0.123. The topological polar surface area (TPSA) is 130 Å². The molecule has 2 aromatic carbocycles. The van der Waals surface area contributed by atoms with Gasteiger partial charge in [0.15, 0.2) is 11.4 Å². The zero-order valence-electron chi connectivity index (χ0n) is 34.4. The van der Waals surface area contributed by atoms with Gasteiger partial charge in [-0.05, 0) is 153 Å². The van der Waals surface area contributed by atoms with Gasteiger partial charge in [-0.3, -0.25) is 19.2 Å². The lowest BCUT2D eigenvalue weighted by Crippen LogP contribution is -2.53. The number of benzene rings is 2. The molecule has 4 aliphatic carbocycles. The maximum Gasteiger partial charge on any atom is 0.254 e. The number of phenols is 1. The number of carbonyl (C=O) groups excluding carboxylic acids is 4. The fourth-order valence-electron chi connectivity index (χ4n) is 8.93. The number of nitrogens with zero attached hydrogens (tertiary/aromatic N) is 2. The highest BCUT2D eigenvalue weighted by Gasteiger charge is 2.49. The van der Waals surface area contributed by atoms with Gasteiger partial charge >= 0.3 is 0 Å². The first kappa shape index (κ1) is 44.0. The van der Waals surface area contributed by atoms with Crippen molar-refractivity contribution in [3.05, 3.63) is 52.1 Å². The molecule has 11 heteroatoms. The predicted molar refractivity (Wildman–Crippen MR) is 227 cm³/mol. The maximum atomic E-state index is 13.5. The number of rotatable bonds is 7. The Morgan fingerprint density at radius 3 is 1.62 bits per heavy atom. The van der Waals surface area contributed by atoms with Crippen LogP contribution in [0.1, 0.15) is 168 Å². The Balaban J connectivity index is 0.000000183. The Kier molecular flexibility index (Phi) is 14.7. The van der Waals surface area contributed by atoms with Gasteiger partial charge < -0.3 is 25.4 Å². The number of carbonyl (C=O) groups is 4. The van der Waals surface area contributed by atoms with Gasteiger partial charge in [0.25, 0.3) is 11.8 Å². The zero-order chi connectivity index (χ0) is 40.9. The Bertz CT molecular complexity index is 1760. The molecule has 2 aromatic rings. The van der Waals surface area contributed by atoms with Crippen LogP contribution in [0.25, 0.3) is 0 Å². The number of phenolic OH excluding ortho intramolecular Hbond substituents is 1. The van der Waals surface area contributed by atoms with Crippen molar-refractivity contribution in [3.63, 3.8) is 0 Å². The van der Waals surface area contributed by atoms with E-state index in [1.165, 1.54) is 38.5 Å². The number of amides is 2. The molecule has 0 atom stereocenters. The van der Waals surface area contributed by atoms with Crippen LogP contribution in [0.2, 0.25) is 0 Å². The number of ketones is 1. The molecular formula is C45H63BrClN3O6. The summed E-state index contributed by atoms with van der Waals surface area (Å²) in [5.74, 6) is 1.15. The number of nitrogens with two attached hydrogens (primary N) is 1. The highest BCUT2D eigenvalue weighted by molar-refractivity contribution is 9.10. The van der Waals surface area contributed by atoms with E-state index in [-0.39, 0.29) is 50.7 Å². The number of alkyl halides is 1. The van der Waals surface area contributed by atoms with Crippen LogP contribution in [0.3, 0.4) is 0 Å². The third kappa shape index (κ3) is 9.77. The fraction of sp³-hybridized carbons (Fsp3) is 0.644. The SMILES string of the molecule is Cc1cc(O)c(N)cc1C(=O)N(C(C)C)C1CCCCC1.Cc1cc2c(cc1C(=O)N(C(C)C)C1CCCCC1)CC(=O)C1(CCC1)O2.O=C(Cl)C1(Br)CCC1. The summed E-state index contributed by atoms with van der Waals surface area (Å²) in [5.41, 5.74) is 9.37. The first-order chi connectivity index (χ1) is 26.5. The summed E-state index contributed by atoms with van der Waals surface area (Å²) >= 11 is 8.49. The largest absolute Gasteiger partial charge is 0.506 e. The molecule has 0 unspecified atom stereocenters. The molecule has 4 saturated carbocycles. The average Bonchev–Trinajstić information content (AvgIpc) is 3.12. The smallest absolute Gasteiger partial charge is 0.254 e. The minimum Gasteiger partial charge on any atom is -0.506 e. The number of fused-ring (bicyclic) bond motifs is 1. The van der Waals surface area contributed by atoms with Gasteiger partial charge in [-0.1, -0.05) is 54.5 Å². The molecule has 4 fully saturated rings. The Morgan fingerprint density at radius 1 is 0.768 bits per heavy atom. The number of anilines is 1.